The van der Waals surface area contributed by atoms with Crippen LogP contribution in [0.5, 0.6) is 0 Å². The van der Waals surface area contributed by atoms with Gasteiger partial charge in [-0.3, -0.25) is 4.79 Å². The van der Waals surface area contributed by atoms with E-state index in [-0.39, 0.29) is 22.6 Å². The normalized spacial score (nSPS) is 13.7. The van der Waals surface area contributed by atoms with Crippen LogP contribution in [0.25, 0.3) is 17.0 Å². The largest absolute Gasteiger partial charge is 0.481 e. The van der Waals surface area contributed by atoms with E-state index in [9.17, 15) is 22.7 Å². The monoisotopic (exact) mass is 395 g/mol. The molecule has 0 unspecified atom stereocenters. The zero-order valence-electron chi connectivity index (χ0n) is 16.3. The Bertz CT molecular complexity index is 1010. The standard InChI is InChI=1S/C20H26FNO4S/c1-7-14-15-9-13(21)10-16(27(6,25)26)19(15)22(5)18(14)12(8-17(23)24)11-20(2,3)4/h7,9-10,12H,1,8,11H2,2-6H3,(H,23,24)/t12-/m0/s1. The van der Waals surface area contributed by atoms with Crippen LogP contribution in [0.4, 0.5) is 4.39 Å². The van der Waals surface area contributed by atoms with Crippen LogP contribution < -0.4 is 0 Å². The maximum Gasteiger partial charge on any atom is 0.304 e. The molecule has 5 nitrogen and oxygen atoms in total. The number of benzene rings is 1. The lowest BCUT2D eigenvalue weighted by atomic mass is 9.80. The Morgan fingerprint density at radius 3 is 2.41 bits per heavy atom. The number of aliphatic carboxylic acids is 1. The number of nitrogens with zero attached hydrogens (tertiary/aromatic N) is 1. The van der Waals surface area contributed by atoms with Crippen molar-refractivity contribution in [2.45, 2.75) is 44.4 Å². The van der Waals surface area contributed by atoms with Gasteiger partial charge in [-0.05, 0) is 24.0 Å². The summed E-state index contributed by atoms with van der Waals surface area (Å²) in [6.45, 7) is 9.84. The van der Waals surface area contributed by atoms with Crippen molar-refractivity contribution in [1.29, 1.82) is 0 Å². The molecule has 1 heterocycles. The first-order chi connectivity index (χ1) is 12.3. The van der Waals surface area contributed by atoms with Crippen LogP contribution >= 0.6 is 0 Å². The average Bonchev–Trinajstić information content (AvgIpc) is 2.74. The molecule has 148 valence electrons. The van der Waals surface area contributed by atoms with Crippen LogP contribution in [-0.2, 0) is 21.7 Å². The Morgan fingerprint density at radius 2 is 1.96 bits per heavy atom. The van der Waals surface area contributed by atoms with Gasteiger partial charge in [0.2, 0.25) is 0 Å². The average molecular weight is 395 g/mol. The van der Waals surface area contributed by atoms with E-state index in [4.69, 9.17) is 0 Å². The van der Waals surface area contributed by atoms with Crippen LogP contribution in [0.2, 0.25) is 0 Å². The number of sulfone groups is 1. The fourth-order valence-corrected chi connectivity index (χ4v) is 4.70. The van der Waals surface area contributed by atoms with Gasteiger partial charge in [0.05, 0.1) is 16.8 Å². The van der Waals surface area contributed by atoms with Crippen molar-refractivity contribution in [3.8, 4) is 0 Å². The van der Waals surface area contributed by atoms with Gasteiger partial charge in [0.25, 0.3) is 0 Å². The molecule has 1 aromatic heterocycles. The SMILES string of the molecule is C=Cc1c([C@@H](CC(=O)O)CC(C)(C)C)n(C)c2c(S(C)(=O)=O)cc(F)cc12. The summed E-state index contributed by atoms with van der Waals surface area (Å²) in [5.41, 5.74) is 1.45. The molecule has 2 aromatic rings. The minimum atomic E-state index is -3.68. The number of rotatable bonds is 6. The van der Waals surface area contributed by atoms with Crippen molar-refractivity contribution in [3.05, 3.63) is 35.8 Å². The molecule has 0 aliphatic heterocycles. The molecule has 7 heteroatoms. The Kier molecular flexibility index (Phi) is 5.57. The van der Waals surface area contributed by atoms with Crippen LogP contribution in [0.1, 0.15) is 50.8 Å². The minimum Gasteiger partial charge on any atom is -0.481 e. The fraction of sp³-hybridized carbons (Fsp3) is 0.450. The number of carbonyl (C=O) groups is 1. The maximum absolute atomic E-state index is 14.2. The van der Waals surface area contributed by atoms with Crippen molar-refractivity contribution in [1.82, 2.24) is 4.57 Å². The third-order valence-electron chi connectivity index (χ3n) is 4.57. The van der Waals surface area contributed by atoms with Crippen molar-refractivity contribution >= 4 is 32.8 Å². The van der Waals surface area contributed by atoms with E-state index < -0.39 is 21.6 Å². The highest BCUT2D eigenvalue weighted by atomic mass is 32.2. The molecule has 0 aliphatic carbocycles. The van der Waals surface area contributed by atoms with Crippen molar-refractivity contribution in [2.75, 3.05) is 6.26 Å². The molecular formula is C20H26FNO4S. The molecule has 1 aromatic carbocycles. The molecule has 0 bridgehead atoms. The minimum absolute atomic E-state index is 0.112. The molecule has 0 fully saturated rings. The maximum atomic E-state index is 14.2. The molecule has 0 saturated heterocycles. The third kappa shape index (κ3) is 4.40. The Hall–Kier alpha value is -2.15. The molecule has 2 rings (SSSR count). The van der Waals surface area contributed by atoms with E-state index >= 15 is 0 Å². The second kappa shape index (κ2) is 7.11. The molecule has 0 saturated carbocycles. The van der Waals surface area contributed by atoms with E-state index in [1.165, 1.54) is 6.07 Å². The predicted molar refractivity (Wildman–Crippen MR) is 105 cm³/mol. The van der Waals surface area contributed by atoms with Gasteiger partial charge in [0.1, 0.15) is 5.82 Å². The fourth-order valence-electron chi connectivity index (χ4n) is 3.77. The molecule has 0 aliphatic rings. The highest BCUT2D eigenvalue weighted by molar-refractivity contribution is 7.91. The number of halogens is 1. The number of carboxylic acids is 1. The summed E-state index contributed by atoms with van der Waals surface area (Å²) in [5.74, 6) is -1.98. The summed E-state index contributed by atoms with van der Waals surface area (Å²) in [4.78, 5) is 11.4. The summed E-state index contributed by atoms with van der Waals surface area (Å²) < 4.78 is 40.3. The van der Waals surface area contributed by atoms with Gasteiger partial charge in [-0.15, -0.1) is 0 Å². The molecule has 1 N–H and O–H groups in total. The second-order valence-electron chi connectivity index (χ2n) is 8.19. The Labute approximate surface area is 159 Å². The van der Waals surface area contributed by atoms with Crippen LogP contribution in [-0.4, -0.2) is 30.3 Å². The number of carboxylic acid groups (broad SMARTS) is 1. The van der Waals surface area contributed by atoms with Crippen LogP contribution in [0, 0.1) is 11.2 Å². The van der Waals surface area contributed by atoms with Gasteiger partial charge in [0.15, 0.2) is 9.84 Å². The molecule has 1 atom stereocenters. The van der Waals surface area contributed by atoms with Crippen LogP contribution in [0.3, 0.4) is 0 Å². The smallest absolute Gasteiger partial charge is 0.304 e. The number of fused-ring (bicyclic) bond motifs is 1. The number of aromatic nitrogens is 1. The number of aryl methyl sites for hydroxylation is 1. The molecule has 0 spiro atoms. The van der Waals surface area contributed by atoms with Gasteiger partial charge >= 0.3 is 5.97 Å². The second-order valence-corrected chi connectivity index (χ2v) is 10.2. The van der Waals surface area contributed by atoms with E-state index in [0.717, 1.165) is 12.3 Å². The quantitative estimate of drug-likeness (QED) is 0.788. The van der Waals surface area contributed by atoms with E-state index in [1.807, 2.05) is 20.8 Å². The van der Waals surface area contributed by atoms with Gasteiger partial charge in [-0.25, -0.2) is 12.8 Å². The van der Waals surface area contributed by atoms with Crippen LogP contribution in [0.15, 0.2) is 23.6 Å². The number of hydrogen-bond donors (Lipinski definition) is 1. The first-order valence-electron chi connectivity index (χ1n) is 8.62. The zero-order valence-corrected chi connectivity index (χ0v) is 17.2. The highest BCUT2D eigenvalue weighted by Gasteiger charge is 2.30. The summed E-state index contributed by atoms with van der Waals surface area (Å²) in [6.07, 6.45) is 3.03. The van der Waals surface area contributed by atoms with E-state index in [1.54, 1.807) is 17.7 Å². The lowest BCUT2D eigenvalue weighted by Gasteiger charge is -2.26. The Morgan fingerprint density at radius 1 is 1.37 bits per heavy atom. The van der Waals surface area contributed by atoms with Gasteiger partial charge in [0, 0.05) is 35.9 Å². The summed E-state index contributed by atoms with van der Waals surface area (Å²) in [6, 6.07) is 2.28. The van der Waals surface area contributed by atoms with Crippen molar-refractivity contribution < 1.29 is 22.7 Å². The predicted octanol–water partition coefficient (Wildman–Crippen LogP) is 4.36. The summed E-state index contributed by atoms with van der Waals surface area (Å²) >= 11 is 0. The zero-order chi connectivity index (χ0) is 20.7. The van der Waals surface area contributed by atoms with E-state index in [2.05, 4.69) is 6.58 Å². The lowest BCUT2D eigenvalue weighted by molar-refractivity contribution is -0.137. The number of hydrogen-bond acceptors (Lipinski definition) is 3. The molecular weight excluding hydrogens is 369 g/mol. The summed E-state index contributed by atoms with van der Waals surface area (Å²) in [5, 5.41) is 9.83. The van der Waals surface area contributed by atoms with E-state index in [0.29, 0.717) is 28.6 Å². The summed E-state index contributed by atoms with van der Waals surface area (Å²) in [7, 11) is -1.99. The molecule has 0 radical (unpaired) electrons. The first-order valence-corrected chi connectivity index (χ1v) is 10.5. The van der Waals surface area contributed by atoms with Gasteiger partial charge < -0.3 is 9.67 Å². The van der Waals surface area contributed by atoms with Gasteiger partial charge in [-0.1, -0.05) is 33.4 Å². The molecule has 27 heavy (non-hydrogen) atoms. The molecule has 0 amide bonds. The van der Waals surface area contributed by atoms with Crippen molar-refractivity contribution in [2.24, 2.45) is 12.5 Å². The first kappa shape index (κ1) is 21.2. The third-order valence-corrected chi connectivity index (χ3v) is 5.68. The topological polar surface area (TPSA) is 76.4 Å². The highest BCUT2D eigenvalue weighted by Crippen LogP contribution is 2.41. The lowest BCUT2D eigenvalue weighted by Crippen LogP contribution is -2.18. The van der Waals surface area contributed by atoms with Gasteiger partial charge in [-0.2, -0.15) is 0 Å². The Balaban J connectivity index is 2.92. The van der Waals surface area contributed by atoms with Crippen molar-refractivity contribution in [3.63, 3.8) is 0 Å².